The molecule has 0 saturated carbocycles. The van der Waals surface area contributed by atoms with Crippen molar-refractivity contribution in [3.8, 4) is 0 Å². The summed E-state index contributed by atoms with van der Waals surface area (Å²) in [5, 5.41) is 10.6. The number of rotatable bonds is 9. The monoisotopic (exact) mass is 392 g/mol. The molecule has 0 unspecified atom stereocenters. The van der Waals surface area contributed by atoms with Crippen LogP contribution in [0.15, 0.2) is 30.3 Å². The van der Waals surface area contributed by atoms with Crippen LogP contribution < -0.4 is 0 Å². The maximum Gasteiger partial charge on any atom is 0.311 e. The molecule has 28 heavy (non-hydrogen) atoms. The van der Waals surface area contributed by atoms with Crippen LogP contribution in [0, 0.1) is 23.7 Å². The highest BCUT2D eigenvalue weighted by molar-refractivity contribution is 5.72. The van der Waals surface area contributed by atoms with Crippen LogP contribution in [0.4, 0.5) is 0 Å². The quantitative estimate of drug-likeness (QED) is 0.647. The first-order valence-electron chi connectivity index (χ1n) is 10.4. The van der Waals surface area contributed by atoms with Crippen LogP contribution >= 0.6 is 0 Å². The Bertz CT molecular complexity index is 590. The minimum atomic E-state index is -0.789. The zero-order valence-corrected chi connectivity index (χ0v) is 17.8. The molecule has 0 spiro atoms. The van der Waals surface area contributed by atoms with Crippen molar-refractivity contribution in [1.29, 1.82) is 0 Å². The molecule has 0 bridgehead atoms. The van der Waals surface area contributed by atoms with Gasteiger partial charge in [0.2, 0.25) is 0 Å². The van der Waals surface area contributed by atoms with Crippen LogP contribution in [0.5, 0.6) is 0 Å². The van der Waals surface area contributed by atoms with Crippen LogP contribution in [0.2, 0.25) is 0 Å². The highest BCUT2D eigenvalue weighted by Crippen LogP contribution is 2.35. The smallest absolute Gasteiger partial charge is 0.311 e. The van der Waals surface area contributed by atoms with Gasteiger partial charge in [-0.1, -0.05) is 51.1 Å². The maximum absolute atomic E-state index is 11.8. The molecule has 1 aliphatic rings. The summed E-state index contributed by atoms with van der Waals surface area (Å²) in [6.45, 7) is 9.21. The molecule has 1 fully saturated rings. The van der Waals surface area contributed by atoms with Crippen LogP contribution in [-0.4, -0.2) is 43.1 Å². The van der Waals surface area contributed by atoms with Crippen LogP contribution in [0.3, 0.4) is 0 Å². The molecule has 0 radical (unpaired) electrons. The summed E-state index contributed by atoms with van der Waals surface area (Å²) in [7, 11) is 1.35. The fraction of sp³-hybridized carbons (Fsp3) is 0.696. The zero-order chi connectivity index (χ0) is 20.7. The Morgan fingerprint density at radius 1 is 1.21 bits per heavy atom. The van der Waals surface area contributed by atoms with E-state index in [0.717, 1.165) is 12.8 Å². The minimum Gasteiger partial charge on any atom is -0.469 e. The van der Waals surface area contributed by atoms with Crippen LogP contribution in [0.1, 0.15) is 46.1 Å². The second kappa shape index (κ2) is 10.9. The van der Waals surface area contributed by atoms with Gasteiger partial charge in [-0.05, 0) is 31.2 Å². The third kappa shape index (κ3) is 6.03. The number of methoxy groups -OCH3 is 1. The van der Waals surface area contributed by atoms with Crippen LogP contribution in [-0.2, 0) is 25.6 Å². The molecule has 7 atom stereocenters. The molecule has 1 aliphatic heterocycles. The third-order valence-corrected chi connectivity index (χ3v) is 6.07. The van der Waals surface area contributed by atoms with Crippen molar-refractivity contribution in [3.05, 3.63) is 35.9 Å². The van der Waals surface area contributed by atoms with E-state index < -0.39 is 12.0 Å². The SMILES string of the molecule is COC(=O)[C@@H](C)[C@@H](O)[C@H](C)[C@H]1O[C@H]([C@H](C)COCc2ccccc2)CC[C@@H]1C. The molecule has 158 valence electrons. The summed E-state index contributed by atoms with van der Waals surface area (Å²) in [5.74, 6) is -0.501. The van der Waals surface area contributed by atoms with Crippen molar-refractivity contribution in [2.75, 3.05) is 13.7 Å². The van der Waals surface area contributed by atoms with Crippen molar-refractivity contribution in [2.24, 2.45) is 23.7 Å². The minimum absolute atomic E-state index is 0.0857. The summed E-state index contributed by atoms with van der Waals surface area (Å²) in [6, 6.07) is 10.1. The second-order valence-corrected chi connectivity index (χ2v) is 8.33. The number of aliphatic hydroxyl groups is 1. The van der Waals surface area contributed by atoms with Gasteiger partial charge >= 0.3 is 5.97 Å². The highest BCUT2D eigenvalue weighted by Gasteiger charge is 2.39. The van der Waals surface area contributed by atoms with Gasteiger partial charge in [0.15, 0.2) is 0 Å². The van der Waals surface area contributed by atoms with Gasteiger partial charge in [0, 0.05) is 11.8 Å². The van der Waals surface area contributed by atoms with E-state index in [1.54, 1.807) is 6.92 Å². The Kier molecular flexibility index (Phi) is 8.93. The molecule has 1 aromatic rings. The molecule has 1 heterocycles. The summed E-state index contributed by atoms with van der Waals surface area (Å²) in [4.78, 5) is 11.8. The first kappa shape index (κ1) is 22.9. The lowest BCUT2D eigenvalue weighted by atomic mass is 9.79. The Labute approximate surface area is 169 Å². The van der Waals surface area contributed by atoms with E-state index in [1.165, 1.54) is 12.7 Å². The molecule has 0 amide bonds. The number of carbonyl (C=O) groups is 1. The molecule has 0 aliphatic carbocycles. The van der Waals surface area contributed by atoms with E-state index >= 15 is 0 Å². The van der Waals surface area contributed by atoms with Gasteiger partial charge < -0.3 is 19.3 Å². The summed E-state index contributed by atoms with van der Waals surface area (Å²) in [6.07, 6.45) is 1.26. The van der Waals surface area contributed by atoms with E-state index in [9.17, 15) is 9.90 Å². The molecule has 1 N–H and O–H groups in total. The standard InChI is InChI=1S/C23H36O5/c1-15-11-12-20(16(2)13-27-14-19-9-7-6-8-10-19)28-22(15)17(3)21(24)18(4)23(25)26-5/h6-10,15-18,20-22,24H,11-14H2,1-5H3/t15-,16+,17-,18-,20-,21-,22-/m0/s1. The lowest BCUT2D eigenvalue weighted by molar-refractivity contribution is -0.163. The first-order valence-corrected chi connectivity index (χ1v) is 10.4. The third-order valence-electron chi connectivity index (χ3n) is 6.07. The average molecular weight is 393 g/mol. The van der Waals surface area contributed by atoms with E-state index in [-0.39, 0.29) is 30.0 Å². The number of aliphatic hydroxyl groups excluding tert-OH is 1. The largest absolute Gasteiger partial charge is 0.469 e. The van der Waals surface area contributed by atoms with Gasteiger partial charge in [0.05, 0.1) is 44.6 Å². The van der Waals surface area contributed by atoms with Crippen molar-refractivity contribution in [1.82, 2.24) is 0 Å². The predicted octanol–water partition coefficient (Wildman–Crippen LogP) is 3.83. The fourth-order valence-corrected chi connectivity index (χ4v) is 4.08. The van der Waals surface area contributed by atoms with Gasteiger partial charge in [-0.2, -0.15) is 0 Å². The Balaban J connectivity index is 1.88. The van der Waals surface area contributed by atoms with Gasteiger partial charge in [-0.3, -0.25) is 4.79 Å². The average Bonchev–Trinajstić information content (AvgIpc) is 2.72. The van der Waals surface area contributed by atoms with Crippen molar-refractivity contribution >= 4 is 5.97 Å². The topological polar surface area (TPSA) is 65.0 Å². The van der Waals surface area contributed by atoms with Gasteiger partial charge in [-0.15, -0.1) is 0 Å². The number of esters is 1. The maximum atomic E-state index is 11.8. The predicted molar refractivity (Wildman–Crippen MR) is 109 cm³/mol. The highest BCUT2D eigenvalue weighted by atomic mass is 16.5. The van der Waals surface area contributed by atoms with Gasteiger partial charge in [0.1, 0.15) is 0 Å². The molecule has 0 aromatic heterocycles. The summed E-state index contributed by atoms with van der Waals surface area (Å²) < 4.78 is 17.1. The molecule has 5 heteroatoms. The second-order valence-electron chi connectivity index (χ2n) is 8.33. The van der Waals surface area contributed by atoms with Crippen molar-refractivity contribution in [3.63, 3.8) is 0 Å². The fourth-order valence-electron chi connectivity index (χ4n) is 4.08. The van der Waals surface area contributed by atoms with E-state index in [2.05, 4.69) is 26.0 Å². The molecule has 5 nitrogen and oxygen atoms in total. The number of hydrogen-bond donors (Lipinski definition) is 1. The lowest BCUT2D eigenvalue weighted by Gasteiger charge is -2.42. The van der Waals surface area contributed by atoms with E-state index in [4.69, 9.17) is 14.2 Å². The molecular formula is C23H36O5. The number of ether oxygens (including phenoxy) is 3. The Hall–Kier alpha value is -1.43. The Morgan fingerprint density at radius 2 is 1.89 bits per heavy atom. The van der Waals surface area contributed by atoms with Gasteiger partial charge in [0.25, 0.3) is 0 Å². The lowest BCUT2D eigenvalue weighted by Crippen LogP contribution is -2.47. The molecule has 1 aromatic carbocycles. The van der Waals surface area contributed by atoms with Crippen molar-refractivity contribution in [2.45, 2.75) is 65.5 Å². The van der Waals surface area contributed by atoms with Crippen LogP contribution in [0.25, 0.3) is 0 Å². The Morgan fingerprint density at radius 3 is 2.54 bits per heavy atom. The number of carbonyl (C=O) groups excluding carboxylic acids is 1. The van der Waals surface area contributed by atoms with E-state index in [0.29, 0.717) is 19.1 Å². The number of hydrogen-bond acceptors (Lipinski definition) is 5. The molecular weight excluding hydrogens is 356 g/mol. The van der Waals surface area contributed by atoms with E-state index in [1.807, 2.05) is 25.1 Å². The zero-order valence-electron chi connectivity index (χ0n) is 17.8. The summed E-state index contributed by atoms with van der Waals surface area (Å²) >= 11 is 0. The van der Waals surface area contributed by atoms with Gasteiger partial charge in [-0.25, -0.2) is 0 Å². The first-order chi connectivity index (χ1) is 13.3. The summed E-state index contributed by atoms with van der Waals surface area (Å²) in [5.41, 5.74) is 1.17. The normalized spacial score (nSPS) is 26.9. The molecule has 2 rings (SSSR count). The van der Waals surface area contributed by atoms with Crippen molar-refractivity contribution < 1.29 is 24.1 Å². The number of benzene rings is 1. The molecule has 1 saturated heterocycles.